The summed E-state index contributed by atoms with van der Waals surface area (Å²) in [5.41, 5.74) is 5.14. The largest absolute Gasteiger partial charge is 0.392 e. The molecule has 0 aromatic heterocycles. The number of rotatable bonds is 6. The molecule has 0 aromatic carbocycles. The molecular formula is C8H15NO3. The summed E-state index contributed by atoms with van der Waals surface area (Å²) in [6.07, 6.45) is -0.469. The molecule has 0 bridgehead atoms. The Morgan fingerprint density at radius 2 is 2.00 bits per heavy atom. The van der Waals surface area contributed by atoms with Crippen LogP contribution in [-0.2, 0) is 9.59 Å². The van der Waals surface area contributed by atoms with Crippen LogP contribution in [0.2, 0.25) is 0 Å². The Morgan fingerprint density at radius 3 is 2.42 bits per heavy atom. The second-order valence-electron chi connectivity index (χ2n) is 2.84. The highest BCUT2D eigenvalue weighted by molar-refractivity contribution is 5.81. The molecule has 0 aliphatic carbocycles. The lowest BCUT2D eigenvalue weighted by atomic mass is 10.1. The van der Waals surface area contributed by atoms with E-state index in [1.165, 1.54) is 6.92 Å². The molecular weight excluding hydrogens is 158 g/mol. The lowest BCUT2D eigenvalue weighted by molar-refractivity contribution is -0.122. The monoisotopic (exact) mass is 173 g/mol. The molecule has 0 saturated carbocycles. The van der Waals surface area contributed by atoms with Gasteiger partial charge in [-0.15, -0.1) is 0 Å². The lowest BCUT2D eigenvalue weighted by Gasteiger charge is -2.05. The van der Waals surface area contributed by atoms with Crippen LogP contribution in [0, 0.1) is 0 Å². The molecule has 0 radical (unpaired) electrons. The highest BCUT2D eigenvalue weighted by Gasteiger charge is 2.11. The number of carbonyl (C=O) groups is 2. The molecule has 0 aliphatic heterocycles. The van der Waals surface area contributed by atoms with Crippen molar-refractivity contribution >= 4 is 11.6 Å². The predicted octanol–water partition coefficient (Wildman–Crippen LogP) is -0.366. The summed E-state index contributed by atoms with van der Waals surface area (Å²) in [5.74, 6) is -0.200. The topological polar surface area (TPSA) is 80.4 Å². The average molecular weight is 173 g/mol. The molecule has 70 valence electrons. The second kappa shape index (κ2) is 5.85. The van der Waals surface area contributed by atoms with Crippen molar-refractivity contribution in [3.05, 3.63) is 0 Å². The number of nitrogens with two attached hydrogens (primary N) is 1. The van der Waals surface area contributed by atoms with Gasteiger partial charge in [0, 0.05) is 19.3 Å². The minimum atomic E-state index is -0.832. The zero-order valence-corrected chi connectivity index (χ0v) is 7.25. The van der Waals surface area contributed by atoms with Crippen molar-refractivity contribution in [3.8, 4) is 0 Å². The molecule has 4 heteroatoms. The Balaban J connectivity index is 3.61. The number of aliphatic hydroxyl groups is 1. The minimum absolute atomic E-state index is 0.0385. The van der Waals surface area contributed by atoms with E-state index >= 15 is 0 Å². The fraction of sp³-hybridized carbons (Fsp3) is 0.750. The third-order valence-electron chi connectivity index (χ3n) is 1.41. The van der Waals surface area contributed by atoms with E-state index in [0.29, 0.717) is 6.54 Å². The third-order valence-corrected chi connectivity index (χ3v) is 1.41. The van der Waals surface area contributed by atoms with Gasteiger partial charge in [0.15, 0.2) is 0 Å². The van der Waals surface area contributed by atoms with Gasteiger partial charge in [0.1, 0.15) is 11.6 Å². The predicted molar refractivity (Wildman–Crippen MR) is 44.6 cm³/mol. The summed E-state index contributed by atoms with van der Waals surface area (Å²) in [6, 6.07) is 0. The summed E-state index contributed by atoms with van der Waals surface area (Å²) in [6.45, 7) is 1.68. The molecule has 0 amide bonds. The van der Waals surface area contributed by atoms with Gasteiger partial charge in [-0.25, -0.2) is 0 Å². The highest BCUT2D eigenvalue weighted by Crippen LogP contribution is 2.01. The van der Waals surface area contributed by atoms with E-state index < -0.39 is 6.10 Å². The molecule has 0 heterocycles. The smallest absolute Gasteiger partial charge is 0.136 e. The van der Waals surface area contributed by atoms with Gasteiger partial charge < -0.3 is 10.8 Å². The molecule has 0 rings (SSSR count). The van der Waals surface area contributed by atoms with E-state index in [4.69, 9.17) is 10.8 Å². The molecule has 1 unspecified atom stereocenters. The molecule has 4 nitrogen and oxygen atoms in total. The normalized spacial score (nSPS) is 12.6. The lowest BCUT2D eigenvalue weighted by Crippen LogP contribution is -2.18. The van der Waals surface area contributed by atoms with E-state index in [0.717, 1.165) is 0 Å². The standard InChI is InChI=1S/C8H15NO3/c1-6(10)4-8(12)5-7(11)2-3-9/h8,12H,2-5,9H2,1H3. The number of ketones is 2. The number of aliphatic hydroxyl groups excluding tert-OH is 1. The molecule has 3 N–H and O–H groups in total. The summed E-state index contributed by atoms with van der Waals surface area (Å²) in [5, 5.41) is 9.13. The van der Waals surface area contributed by atoms with Crippen LogP contribution in [0.15, 0.2) is 0 Å². The summed E-state index contributed by atoms with van der Waals surface area (Å²) >= 11 is 0. The zero-order chi connectivity index (χ0) is 9.56. The fourth-order valence-electron chi connectivity index (χ4n) is 0.930. The van der Waals surface area contributed by atoms with E-state index in [1.54, 1.807) is 0 Å². The molecule has 0 aromatic rings. The fourth-order valence-corrected chi connectivity index (χ4v) is 0.930. The van der Waals surface area contributed by atoms with Crippen molar-refractivity contribution in [1.29, 1.82) is 0 Å². The van der Waals surface area contributed by atoms with Crippen LogP contribution in [0.3, 0.4) is 0 Å². The van der Waals surface area contributed by atoms with Gasteiger partial charge in [0.25, 0.3) is 0 Å². The third kappa shape index (κ3) is 6.00. The number of hydrogen-bond donors (Lipinski definition) is 2. The maximum Gasteiger partial charge on any atom is 0.136 e. The Bertz CT molecular complexity index is 168. The summed E-state index contributed by atoms with van der Waals surface area (Å²) in [7, 11) is 0. The van der Waals surface area contributed by atoms with Gasteiger partial charge in [-0.05, 0) is 13.5 Å². The van der Waals surface area contributed by atoms with E-state index in [9.17, 15) is 9.59 Å². The van der Waals surface area contributed by atoms with E-state index in [-0.39, 0.29) is 30.8 Å². The van der Waals surface area contributed by atoms with E-state index in [2.05, 4.69) is 0 Å². The zero-order valence-electron chi connectivity index (χ0n) is 7.25. The van der Waals surface area contributed by atoms with Gasteiger partial charge in [0.2, 0.25) is 0 Å². The number of Topliss-reactive ketones (excluding diaryl/α,β-unsaturated/α-hetero) is 2. The van der Waals surface area contributed by atoms with Crippen molar-refractivity contribution in [1.82, 2.24) is 0 Å². The van der Waals surface area contributed by atoms with Crippen LogP contribution in [0.1, 0.15) is 26.2 Å². The van der Waals surface area contributed by atoms with Crippen LogP contribution in [0.4, 0.5) is 0 Å². The highest BCUT2D eigenvalue weighted by atomic mass is 16.3. The number of hydrogen-bond acceptors (Lipinski definition) is 4. The van der Waals surface area contributed by atoms with Crippen molar-refractivity contribution < 1.29 is 14.7 Å². The van der Waals surface area contributed by atoms with Gasteiger partial charge >= 0.3 is 0 Å². The van der Waals surface area contributed by atoms with Crippen molar-refractivity contribution in [2.75, 3.05) is 6.54 Å². The van der Waals surface area contributed by atoms with Crippen LogP contribution < -0.4 is 5.73 Å². The maximum absolute atomic E-state index is 10.9. The average Bonchev–Trinajstić information content (AvgIpc) is 1.84. The summed E-state index contributed by atoms with van der Waals surface area (Å²) < 4.78 is 0. The molecule has 0 fully saturated rings. The minimum Gasteiger partial charge on any atom is -0.392 e. The Labute approximate surface area is 71.8 Å². The number of carbonyl (C=O) groups excluding carboxylic acids is 2. The van der Waals surface area contributed by atoms with Crippen LogP contribution in [0.25, 0.3) is 0 Å². The Hall–Kier alpha value is -0.740. The maximum atomic E-state index is 10.9. The molecule has 0 saturated heterocycles. The van der Waals surface area contributed by atoms with Gasteiger partial charge in [0.05, 0.1) is 6.10 Å². The first kappa shape index (κ1) is 11.3. The van der Waals surface area contributed by atoms with Crippen molar-refractivity contribution in [2.45, 2.75) is 32.3 Å². The van der Waals surface area contributed by atoms with Crippen molar-refractivity contribution in [3.63, 3.8) is 0 Å². The van der Waals surface area contributed by atoms with E-state index in [1.807, 2.05) is 0 Å². The molecule has 12 heavy (non-hydrogen) atoms. The van der Waals surface area contributed by atoms with Crippen LogP contribution >= 0.6 is 0 Å². The van der Waals surface area contributed by atoms with Crippen LogP contribution in [0.5, 0.6) is 0 Å². The van der Waals surface area contributed by atoms with Crippen LogP contribution in [-0.4, -0.2) is 29.3 Å². The van der Waals surface area contributed by atoms with Gasteiger partial charge in [-0.1, -0.05) is 0 Å². The van der Waals surface area contributed by atoms with Gasteiger partial charge in [-0.3, -0.25) is 9.59 Å². The summed E-state index contributed by atoms with van der Waals surface area (Å²) in [4.78, 5) is 21.4. The van der Waals surface area contributed by atoms with Gasteiger partial charge in [-0.2, -0.15) is 0 Å². The molecule has 0 aliphatic rings. The Morgan fingerprint density at radius 1 is 1.42 bits per heavy atom. The first-order valence-corrected chi connectivity index (χ1v) is 3.95. The SMILES string of the molecule is CC(=O)CC(O)CC(=O)CCN. The Kier molecular flexibility index (Phi) is 5.49. The molecule has 0 spiro atoms. The second-order valence-corrected chi connectivity index (χ2v) is 2.84. The quantitative estimate of drug-likeness (QED) is 0.574. The van der Waals surface area contributed by atoms with Crippen molar-refractivity contribution in [2.24, 2.45) is 5.73 Å². The first-order valence-electron chi connectivity index (χ1n) is 3.95. The first-order chi connectivity index (χ1) is 5.56. The molecule has 1 atom stereocenters.